The minimum absolute atomic E-state index is 0.294. The molecule has 0 aliphatic heterocycles. The number of hydrazine groups is 1. The van der Waals surface area contributed by atoms with Crippen molar-refractivity contribution in [1.82, 2.24) is 5.01 Å². The summed E-state index contributed by atoms with van der Waals surface area (Å²) < 4.78 is 0. The van der Waals surface area contributed by atoms with Crippen molar-refractivity contribution in [2.75, 3.05) is 5.88 Å². The molecule has 0 saturated heterocycles. The highest BCUT2D eigenvalue weighted by molar-refractivity contribution is 6.19. The molecule has 0 unspecified atom stereocenters. The second kappa shape index (κ2) is 5.52. The fraction of sp³-hybridized carbons (Fsp3) is 0.200. The predicted molar refractivity (Wildman–Crippen MR) is 59.2 cm³/mol. The monoisotopic (exact) mass is 211 g/mol. The van der Waals surface area contributed by atoms with E-state index in [2.05, 4.69) is 0 Å². The van der Waals surface area contributed by atoms with Crippen molar-refractivity contribution >= 4 is 11.6 Å². The summed E-state index contributed by atoms with van der Waals surface area (Å²) >= 11 is 5.52. The van der Waals surface area contributed by atoms with Gasteiger partial charge in [-0.05, 0) is 5.56 Å². The zero-order chi connectivity index (χ0) is 10.4. The fourth-order valence-corrected chi connectivity index (χ4v) is 1.16. The molecule has 0 saturated carbocycles. The molecule has 0 radical (unpaired) electrons. The Hall–Kier alpha value is -1.19. The van der Waals surface area contributed by atoms with Crippen molar-refractivity contribution in [2.24, 2.45) is 11.6 Å². The number of alkyl halides is 1. The van der Waals surface area contributed by atoms with Crippen LogP contribution in [-0.4, -0.2) is 10.9 Å². The average molecular weight is 212 g/mol. The van der Waals surface area contributed by atoms with E-state index in [9.17, 15) is 0 Å². The maximum atomic E-state index is 5.70. The molecule has 0 bridgehead atoms. The van der Waals surface area contributed by atoms with Crippen LogP contribution >= 0.6 is 11.6 Å². The highest BCUT2D eigenvalue weighted by atomic mass is 35.5. The first-order valence-corrected chi connectivity index (χ1v) is 4.83. The van der Waals surface area contributed by atoms with Gasteiger partial charge in [0.25, 0.3) is 0 Å². The van der Waals surface area contributed by atoms with Crippen LogP contribution in [0, 0.1) is 0 Å². The maximum Gasteiger partial charge on any atom is 0.0635 e. The Labute approximate surface area is 88.9 Å². The second-order valence-electron chi connectivity index (χ2n) is 3.00. The lowest BCUT2D eigenvalue weighted by Gasteiger charge is -2.14. The Bertz CT molecular complexity index is 297. The summed E-state index contributed by atoms with van der Waals surface area (Å²) in [5, 5.41) is 1.52. The van der Waals surface area contributed by atoms with Crippen LogP contribution in [0.5, 0.6) is 0 Å². The SMILES string of the molecule is N/C(=C\N(N)Cc1ccccc1)CCl. The summed E-state index contributed by atoms with van der Waals surface area (Å²) in [5.74, 6) is 5.99. The topological polar surface area (TPSA) is 55.3 Å². The molecule has 0 aliphatic carbocycles. The van der Waals surface area contributed by atoms with Crippen LogP contribution in [0.4, 0.5) is 0 Å². The van der Waals surface area contributed by atoms with E-state index in [0.29, 0.717) is 18.1 Å². The van der Waals surface area contributed by atoms with Gasteiger partial charge in [0, 0.05) is 11.9 Å². The van der Waals surface area contributed by atoms with Gasteiger partial charge < -0.3 is 10.7 Å². The van der Waals surface area contributed by atoms with E-state index in [0.717, 1.165) is 5.56 Å². The summed E-state index contributed by atoms with van der Waals surface area (Å²) in [4.78, 5) is 0. The largest absolute Gasteiger partial charge is 0.400 e. The molecule has 1 aromatic carbocycles. The van der Waals surface area contributed by atoms with E-state index in [-0.39, 0.29) is 0 Å². The van der Waals surface area contributed by atoms with E-state index in [4.69, 9.17) is 23.2 Å². The van der Waals surface area contributed by atoms with E-state index < -0.39 is 0 Å². The lowest BCUT2D eigenvalue weighted by atomic mass is 10.2. The van der Waals surface area contributed by atoms with Gasteiger partial charge >= 0.3 is 0 Å². The molecule has 0 amide bonds. The molecule has 0 heterocycles. The molecule has 0 aliphatic rings. The third kappa shape index (κ3) is 3.68. The number of halogens is 1. The number of nitrogens with two attached hydrogens (primary N) is 2. The molecule has 0 aromatic heterocycles. The van der Waals surface area contributed by atoms with Crippen LogP contribution in [0.2, 0.25) is 0 Å². The average Bonchev–Trinajstić information content (AvgIpc) is 2.19. The Morgan fingerprint density at radius 2 is 2.00 bits per heavy atom. The zero-order valence-corrected chi connectivity index (χ0v) is 8.61. The summed E-state index contributed by atoms with van der Waals surface area (Å²) in [5.41, 5.74) is 7.23. The lowest BCUT2D eigenvalue weighted by Crippen LogP contribution is -2.26. The summed E-state index contributed by atoms with van der Waals surface area (Å²) in [6.45, 7) is 0.623. The molecule has 4 heteroatoms. The minimum Gasteiger partial charge on any atom is -0.400 e. The van der Waals surface area contributed by atoms with Gasteiger partial charge in [0.05, 0.1) is 12.4 Å². The number of benzene rings is 1. The van der Waals surface area contributed by atoms with Crippen molar-refractivity contribution < 1.29 is 0 Å². The molecule has 1 aromatic rings. The van der Waals surface area contributed by atoms with Crippen LogP contribution < -0.4 is 11.6 Å². The zero-order valence-electron chi connectivity index (χ0n) is 7.86. The molecule has 1 rings (SSSR count). The molecule has 14 heavy (non-hydrogen) atoms. The Balaban J connectivity index is 2.53. The van der Waals surface area contributed by atoms with Gasteiger partial charge in [-0.3, -0.25) is 0 Å². The smallest absolute Gasteiger partial charge is 0.0635 e. The number of rotatable bonds is 4. The molecule has 4 N–H and O–H groups in total. The van der Waals surface area contributed by atoms with E-state index >= 15 is 0 Å². The second-order valence-corrected chi connectivity index (χ2v) is 3.26. The standard InChI is InChI=1S/C10H14ClN3/c11-6-10(12)8-14(13)7-9-4-2-1-3-5-9/h1-5,8H,6-7,12-13H2/b10-8-. The molecular formula is C10H14ClN3. The third-order valence-corrected chi connectivity index (χ3v) is 2.00. The van der Waals surface area contributed by atoms with Gasteiger partial charge in [-0.25, -0.2) is 5.84 Å². The third-order valence-electron chi connectivity index (χ3n) is 1.69. The first-order valence-electron chi connectivity index (χ1n) is 4.30. The van der Waals surface area contributed by atoms with E-state index in [1.54, 1.807) is 6.20 Å². The molecule has 76 valence electrons. The number of hydrogen-bond acceptors (Lipinski definition) is 3. The van der Waals surface area contributed by atoms with Gasteiger partial charge in [0.1, 0.15) is 0 Å². The van der Waals surface area contributed by atoms with Crippen molar-refractivity contribution in [3.05, 3.63) is 47.8 Å². The molecule has 0 fully saturated rings. The number of allylic oxidation sites excluding steroid dienone is 1. The Kier molecular flexibility index (Phi) is 4.29. The minimum atomic E-state index is 0.294. The number of nitrogens with zero attached hydrogens (tertiary/aromatic N) is 1. The van der Waals surface area contributed by atoms with Crippen molar-refractivity contribution in [3.63, 3.8) is 0 Å². The lowest BCUT2D eigenvalue weighted by molar-refractivity contribution is 0.383. The highest BCUT2D eigenvalue weighted by Gasteiger charge is 1.96. The molecular weight excluding hydrogens is 198 g/mol. The summed E-state index contributed by atoms with van der Waals surface area (Å²) in [7, 11) is 0. The van der Waals surface area contributed by atoms with Crippen molar-refractivity contribution in [2.45, 2.75) is 6.54 Å². The van der Waals surface area contributed by atoms with E-state index in [1.807, 2.05) is 30.3 Å². The first-order chi connectivity index (χ1) is 6.72. The van der Waals surface area contributed by atoms with Crippen molar-refractivity contribution in [1.29, 1.82) is 0 Å². The summed E-state index contributed by atoms with van der Waals surface area (Å²) in [6, 6.07) is 9.91. The van der Waals surface area contributed by atoms with Crippen LogP contribution in [0.15, 0.2) is 42.2 Å². The van der Waals surface area contributed by atoms with Crippen LogP contribution in [0.3, 0.4) is 0 Å². The van der Waals surface area contributed by atoms with Crippen molar-refractivity contribution in [3.8, 4) is 0 Å². The predicted octanol–water partition coefficient (Wildman–Crippen LogP) is 1.40. The van der Waals surface area contributed by atoms with Crippen LogP contribution in [-0.2, 0) is 6.54 Å². The number of hydrogen-bond donors (Lipinski definition) is 2. The normalized spacial score (nSPS) is 11.4. The van der Waals surface area contributed by atoms with Gasteiger partial charge in [-0.1, -0.05) is 30.3 Å². The first kappa shape index (κ1) is 10.9. The van der Waals surface area contributed by atoms with Gasteiger partial charge in [0.2, 0.25) is 0 Å². The van der Waals surface area contributed by atoms with Crippen LogP contribution in [0.1, 0.15) is 5.56 Å². The van der Waals surface area contributed by atoms with Crippen LogP contribution in [0.25, 0.3) is 0 Å². The molecule has 3 nitrogen and oxygen atoms in total. The molecule has 0 atom stereocenters. The maximum absolute atomic E-state index is 5.70. The Morgan fingerprint density at radius 3 is 2.57 bits per heavy atom. The molecule has 0 spiro atoms. The Morgan fingerprint density at radius 1 is 1.36 bits per heavy atom. The van der Waals surface area contributed by atoms with Gasteiger partial charge in [-0.2, -0.15) is 0 Å². The quantitative estimate of drug-likeness (QED) is 0.450. The summed E-state index contributed by atoms with van der Waals surface area (Å²) in [6.07, 6.45) is 1.64. The fourth-order valence-electron chi connectivity index (χ4n) is 1.09. The van der Waals surface area contributed by atoms with E-state index in [1.165, 1.54) is 5.01 Å². The van der Waals surface area contributed by atoms with Gasteiger partial charge in [-0.15, -0.1) is 11.6 Å². The highest BCUT2D eigenvalue weighted by Crippen LogP contribution is 2.02. The van der Waals surface area contributed by atoms with Gasteiger partial charge in [0.15, 0.2) is 0 Å².